The van der Waals surface area contributed by atoms with Crippen LogP contribution in [0.5, 0.6) is 0 Å². The number of fused-ring (bicyclic) bond motifs is 1. The number of ether oxygens (including phenoxy) is 1. The molecule has 0 aliphatic carbocycles. The van der Waals surface area contributed by atoms with Gasteiger partial charge < -0.3 is 14.7 Å². The standard InChI is InChI=1S/C18H16N4O7S2/c1-18(9-29-17(26)21-16-20-6-7-30-16)12(15(24)25)22-13(23)11(14(22)31(18,27)28)8-10-4-2-3-5-19-10/h2-8,12,14H,9H2,1H3,(H,24,25)(H,20,21,26)/t12-,14+,18?/m0/s1. The van der Waals surface area contributed by atoms with Gasteiger partial charge in [-0.3, -0.25) is 15.1 Å². The average Bonchev–Trinajstić information content (AvgIpc) is 3.28. The largest absolute Gasteiger partial charge is 0.480 e. The number of carbonyl (C=O) groups excluding carboxylic acids is 2. The Labute approximate surface area is 180 Å². The van der Waals surface area contributed by atoms with Gasteiger partial charge in [0.2, 0.25) is 0 Å². The summed E-state index contributed by atoms with van der Waals surface area (Å²) in [5.41, 5.74) is 0.279. The van der Waals surface area contributed by atoms with Crippen molar-refractivity contribution < 1.29 is 32.6 Å². The molecule has 11 nitrogen and oxygen atoms in total. The molecular formula is C18H16N4O7S2. The number of rotatable bonds is 5. The number of hydrogen-bond donors (Lipinski definition) is 2. The molecule has 2 amide bonds. The zero-order valence-corrected chi connectivity index (χ0v) is 17.6. The highest BCUT2D eigenvalue weighted by Gasteiger charge is 2.72. The van der Waals surface area contributed by atoms with Gasteiger partial charge >= 0.3 is 12.1 Å². The molecule has 0 saturated carbocycles. The number of sulfone groups is 1. The van der Waals surface area contributed by atoms with Crippen LogP contribution in [-0.4, -0.2) is 69.1 Å². The van der Waals surface area contributed by atoms with Crippen molar-refractivity contribution in [1.82, 2.24) is 14.9 Å². The van der Waals surface area contributed by atoms with Crippen molar-refractivity contribution >= 4 is 50.4 Å². The molecule has 0 radical (unpaired) electrons. The van der Waals surface area contributed by atoms with E-state index in [4.69, 9.17) is 4.74 Å². The predicted octanol–water partition coefficient (Wildman–Crippen LogP) is 0.979. The van der Waals surface area contributed by atoms with Gasteiger partial charge in [-0.15, -0.1) is 11.3 Å². The van der Waals surface area contributed by atoms with Crippen molar-refractivity contribution in [2.75, 3.05) is 11.9 Å². The van der Waals surface area contributed by atoms with E-state index in [-0.39, 0.29) is 10.7 Å². The Bertz CT molecular complexity index is 1180. The maximum atomic E-state index is 13.3. The maximum Gasteiger partial charge on any atom is 0.413 e. The fraction of sp³-hybridized carbons (Fsp3) is 0.278. The first-order chi connectivity index (χ1) is 14.7. The molecule has 0 aromatic carbocycles. The summed E-state index contributed by atoms with van der Waals surface area (Å²) in [6.45, 7) is 0.391. The van der Waals surface area contributed by atoms with Crippen LogP contribution < -0.4 is 5.32 Å². The summed E-state index contributed by atoms with van der Waals surface area (Å²) in [6, 6.07) is 3.20. The molecule has 162 valence electrons. The number of carboxylic acids is 1. The van der Waals surface area contributed by atoms with Crippen LogP contribution in [0.1, 0.15) is 12.6 Å². The number of carboxylic acid groups (broad SMARTS) is 1. The van der Waals surface area contributed by atoms with Crippen molar-refractivity contribution in [2.45, 2.75) is 23.1 Å². The summed E-state index contributed by atoms with van der Waals surface area (Å²) in [7, 11) is -4.27. The number of aromatic nitrogens is 2. The van der Waals surface area contributed by atoms with Crippen molar-refractivity contribution in [3.05, 3.63) is 47.2 Å². The first-order valence-electron chi connectivity index (χ1n) is 8.91. The Morgan fingerprint density at radius 3 is 2.74 bits per heavy atom. The zero-order valence-electron chi connectivity index (χ0n) is 16.0. The lowest BCUT2D eigenvalue weighted by atomic mass is 9.94. The van der Waals surface area contributed by atoms with Crippen LogP contribution in [0.2, 0.25) is 0 Å². The minimum atomic E-state index is -4.27. The molecule has 0 spiro atoms. The molecule has 1 unspecified atom stereocenters. The van der Waals surface area contributed by atoms with Gasteiger partial charge in [0.25, 0.3) is 5.91 Å². The van der Waals surface area contributed by atoms with Gasteiger partial charge in [-0.05, 0) is 25.1 Å². The van der Waals surface area contributed by atoms with E-state index >= 15 is 0 Å². The molecule has 2 saturated heterocycles. The van der Waals surface area contributed by atoms with E-state index in [1.54, 1.807) is 23.6 Å². The number of hydrogen-bond acceptors (Lipinski definition) is 9. The second-order valence-corrected chi connectivity index (χ2v) is 10.4. The summed E-state index contributed by atoms with van der Waals surface area (Å²) in [4.78, 5) is 45.3. The highest BCUT2D eigenvalue weighted by Crippen LogP contribution is 2.49. The molecule has 2 fully saturated rings. The van der Waals surface area contributed by atoms with E-state index < -0.39 is 50.6 Å². The van der Waals surface area contributed by atoms with Crippen LogP contribution in [0.25, 0.3) is 6.08 Å². The molecule has 31 heavy (non-hydrogen) atoms. The first-order valence-corrected chi connectivity index (χ1v) is 11.3. The number of anilines is 1. The van der Waals surface area contributed by atoms with Gasteiger partial charge in [0.05, 0.1) is 11.3 Å². The van der Waals surface area contributed by atoms with Gasteiger partial charge in [-0.25, -0.2) is 23.0 Å². The summed E-state index contributed by atoms with van der Waals surface area (Å²) >= 11 is 1.12. The normalized spacial score (nSPS) is 27.5. The van der Waals surface area contributed by atoms with Gasteiger partial charge in [0.15, 0.2) is 26.4 Å². The van der Waals surface area contributed by atoms with Crippen molar-refractivity contribution in [3.63, 3.8) is 0 Å². The minimum Gasteiger partial charge on any atom is -0.480 e. The van der Waals surface area contributed by atoms with Gasteiger partial charge in [0.1, 0.15) is 11.4 Å². The molecule has 13 heteroatoms. The van der Waals surface area contributed by atoms with E-state index in [9.17, 15) is 27.9 Å². The quantitative estimate of drug-likeness (QED) is 0.486. The second kappa shape index (κ2) is 7.42. The van der Waals surface area contributed by atoms with Crippen LogP contribution in [0, 0.1) is 0 Å². The van der Waals surface area contributed by atoms with Crippen molar-refractivity contribution in [1.29, 1.82) is 0 Å². The molecule has 2 aromatic heterocycles. The molecule has 2 aliphatic heterocycles. The summed E-state index contributed by atoms with van der Waals surface area (Å²) in [6.07, 6.45) is 3.27. The highest BCUT2D eigenvalue weighted by molar-refractivity contribution is 7.94. The number of pyridine rings is 1. The van der Waals surface area contributed by atoms with Crippen LogP contribution in [0.3, 0.4) is 0 Å². The van der Waals surface area contributed by atoms with Crippen molar-refractivity contribution in [3.8, 4) is 0 Å². The van der Waals surface area contributed by atoms with Crippen LogP contribution in [-0.2, 0) is 24.2 Å². The average molecular weight is 464 g/mol. The molecule has 2 aromatic rings. The number of thiazole rings is 1. The van der Waals surface area contributed by atoms with Crippen LogP contribution in [0.4, 0.5) is 9.93 Å². The van der Waals surface area contributed by atoms with E-state index in [2.05, 4.69) is 15.3 Å². The van der Waals surface area contributed by atoms with Gasteiger partial charge in [-0.2, -0.15) is 0 Å². The van der Waals surface area contributed by atoms with E-state index in [0.29, 0.717) is 5.69 Å². The topological polar surface area (TPSA) is 156 Å². The SMILES string of the molecule is CC1(COC(=O)Nc2nccs2)[C@H](C(=O)O)N2C(=O)C(=Cc3ccccn3)[C@H]2S1(=O)=O. The Kier molecular flexibility index (Phi) is 5.01. The number of amides is 2. The molecular weight excluding hydrogens is 448 g/mol. The van der Waals surface area contributed by atoms with Gasteiger partial charge in [-0.1, -0.05) is 6.07 Å². The zero-order chi connectivity index (χ0) is 22.4. The third kappa shape index (κ3) is 3.25. The monoisotopic (exact) mass is 464 g/mol. The number of β-lactam (4-membered cyclic amide) rings is 1. The maximum absolute atomic E-state index is 13.3. The number of nitrogens with one attached hydrogen (secondary N) is 1. The first kappa shape index (κ1) is 20.9. The van der Waals surface area contributed by atoms with Crippen LogP contribution >= 0.6 is 11.3 Å². The molecule has 4 rings (SSSR count). The highest BCUT2D eigenvalue weighted by atomic mass is 32.2. The predicted molar refractivity (Wildman–Crippen MR) is 109 cm³/mol. The number of carbonyl (C=O) groups is 3. The molecule has 3 atom stereocenters. The fourth-order valence-corrected chi connectivity index (χ4v) is 6.42. The lowest BCUT2D eigenvalue weighted by Gasteiger charge is -2.37. The van der Waals surface area contributed by atoms with E-state index in [0.717, 1.165) is 23.2 Å². The smallest absolute Gasteiger partial charge is 0.413 e. The second-order valence-electron chi connectivity index (χ2n) is 7.06. The third-order valence-corrected chi connectivity index (χ3v) is 8.56. The van der Waals surface area contributed by atoms with E-state index in [1.165, 1.54) is 18.5 Å². The van der Waals surface area contributed by atoms with Crippen molar-refractivity contribution in [2.24, 2.45) is 0 Å². The summed E-state index contributed by atoms with van der Waals surface area (Å²) < 4.78 is 29.6. The summed E-state index contributed by atoms with van der Waals surface area (Å²) in [5.74, 6) is -2.23. The fourth-order valence-electron chi connectivity index (χ4n) is 3.63. The van der Waals surface area contributed by atoms with Gasteiger partial charge in [0, 0.05) is 17.8 Å². The lowest BCUT2D eigenvalue weighted by molar-refractivity contribution is -0.153. The van der Waals surface area contributed by atoms with E-state index in [1.807, 2.05) is 0 Å². The molecule has 0 bridgehead atoms. The summed E-state index contributed by atoms with van der Waals surface area (Å²) in [5, 5.41) is 12.4. The number of nitrogens with zero attached hydrogens (tertiary/aromatic N) is 3. The Balaban J connectivity index is 1.63. The Morgan fingerprint density at radius 2 is 2.13 bits per heavy atom. The van der Waals surface area contributed by atoms with Crippen LogP contribution in [0.15, 0.2) is 41.5 Å². The lowest BCUT2D eigenvalue weighted by Crippen LogP contribution is -2.59. The Hall–Kier alpha value is -3.32. The number of aliphatic carboxylic acids is 1. The third-order valence-electron chi connectivity index (χ3n) is 5.16. The minimum absolute atomic E-state index is 0.0825. The molecule has 2 aliphatic rings. The molecule has 4 heterocycles. The molecule has 2 N–H and O–H groups in total. The Morgan fingerprint density at radius 1 is 1.35 bits per heavy atom.